The fourth-order valence-electron chi connectivity index (χ4n) is 3.37. The Morgan fingerprint density at radius 3 is 2.74 bits per heavy atom. The predicted molar refractivity (Wildman–Crippen MR) is 111 cm³/mol. The third-order valence-corrected chi connectivity index (χ3v) is 5.82. The fourth-order valence-corrected chi connectivity index (χ4v) is 4.26. The number of thiazole rings is 1. The van der Waals surface area contributed by atoms with E-state index in [4.69, 9.17) is 4.42 Å². The van der Waals surface area contributed by atoms with Crippen LogP contribution < -0.4 is 10.6 Å². The second kappa shape index (κ2) is 9.90. The van der Waals surface area contributed by atoms with E-state index in [1.54, 1.807) is 24.6 Å². The van der Waals surface area contributed by atoms with E-state index in [-0.39, 0.29) is 6.04 Å². The van der Waals surface area contributed by atoms with Crippen LogP contribution in [0.25, 0.3) is 0 Å². The maximum Gasteiger partial charge on any atom is 0.191 e. The van der Waals surface area contributed by atoms with Gasteiger partial charge < -0.3 is 15.1 Å². The van der Waals surface area contributed by atoms with Crippen LogP contribution in [-0.4, -0.2) is 42.5 Å². The van der Waals surface area contributed by atoms with Gasteiger partial charge in [0, 0.05) is 19.0 Å². The smallest absolute Gasteiger partial charge is 0.191 e. The van der Waals surface area contributed by atoms with E-state index < -0.39 is 0 Å². The quantitative estimate of drug-likeness (QED) is 0.558. The van der Waals surface area contributed by atoms with Crippen LogP contribution in [0.15, 0.2) is 33.2 Å². The van der Waals surface area contributed by atoms with Gasteiger partial charge >= 0.3 is 0 Å². The summed E-state index contributed by atoms with van der Waals surface area (Å²) in [7, 11) is 1.81. The average molecular weight is 390 g/mol. The molecule has 2 N–H and O–H groups in total. The van der Waals surface area contributed by atoms with Crippen molar-refractivity contribution in [3.8, 4) is 0 Å². The molecule has 1 fully saturated rings. The number of guanidine groups is 1. The van der Waals surface area contributed by atoms with Crippen molar-refractivity contribution in [2.75, 3.05) is 26.7 Å². The summed E-state index contributed by atoms with van der Waals surface area (Å²) >= 11 is 1.70. The first-order valence-corrected chi connectivity index (χ1v) is 10.7. The van der Waals surface area contributed by atoms with Crippen LogP contribution >= 0.6 is 11.3 Å². The number of hydrogen-bond donors (Lipinski definition) is 2. The molecule has 148 valence electrons. The Morgan fingerprint density at radius 2 is 2.11 bits per heavy atom. The maximum absolute atomic E-state index is 5.72. The van der Waals surface area contributed by atoms with E-state index in [2.05, 4.69) is 50.8 Å². The monoisotopic (exact) mass is 389 g/mol. The molecule has 1 aliphatic heterocycles. The van der Waals surface area contributed by atoms with Crippen LogP contribution in [-0.2, 0) is 6.54 Å². The summed E-state index contributed by atoms with van der Waals surface area (Å²) in [6.45, 7) is 8.03. The lowest BCUT2D eigenvalue weighted by Gasteiger charge is -2.33. The topological polar surface area (TPSA) is 65.7 Å². The summed E-state index contributed by atoms with van der Waals surface area (Å²) in [5, 5.41) is 10.1. The lowest BCUT2D eigenvalue weighted by molar-refractivity contribution is 0.146. The number of aromatic nitrogens is 1. The van der Waals surface area contributed by atoms with Gasteiger partial charge in [0.15, 0.2) is 5.96 Å². The molecule has 0 saturated carbocycles. The van der Waals surface area contributed by atoms with Gasteiger partial charge in [0.1, 0.15) is 10.8 Å². The first-order chi connectivity index (χ1) is 13.2. The molecule has 0 spiro atoms. The van der Waals surface area contributed by atoms with Crippen molar-refractivity contribution >= 4 is 17.3 Å². The molecule has 1 unspecified atom stereocenters. The van der Waals surface area contributed by atoms with Crippen LogP contribution in [0.1, 0.15) is 61.5 Å². The Balaban J connectivity index is 1.55. The summed E-state index contributed by atoms with van der Waals surface area (Å²) < 4.78 is 5.72. The summed E-state index contributed by atoms with van der Waals surface area (Å²) in [6.07, 6.45) is 5.59. The fraction of sp³-hybridized carbons (Fsp3) is 0.600. The Bertz CT molecular complexity index is 704. The zero-order valence-corrected chi connectivity index (χ0v) is 17.4. The molecule has 7 heteroatoms. The third kappa shape index (κ3) is 5.56. The maximum atomic E-state index is 5.72. The normalized spacial score (nSPS) is 17.3. The number of aliphatic imine (C=N–C) groups is 1. The van der Waals surface area contributed by atoms with Crippen molar-refractivity contribution in [3.05, 3.63) is 40.2 Å². The number of likely N-dealkylation sites (tertiary alicyclic amines) is 1. The van der Waals surface area contributed by atoms with E-state index in [0.29, 0.717) is 12.5 Å². The molecule has 3 rings (SSSR count). The first-order valence-electron chi connectivity index (χ1n) is 9.83. The minimum absolute atomic E-state index is 0.228. The Morgan fingerprint density at radius 1 is 1.30 bits per heavy atom. The van der Waals surface area contributed by atoms with Gasteiger partial charge in [-0.2, -0.15) is 0 Å². The van der Waals surface area contributed by atoms with E-state index in [1.807, 2.05) is 6.07 Å². The first kappa shape index (κ1) is 19.9. The third-order valence-electron chi connectivity index (χ3n) is 4.96. The molecule has 1 saturated heterocycles. The second-order valence-corrected chi connectivity index (χ2v) is 8.20. The van der Waals surface area contributed by atoms with Crippen LogP contribution in [0.5, 0.6) is 0 Å². The van der Waals surface area contributed by atoms with Crippen molar-refractivity contribution in [3.63, 3.8) is 0 Å². The molecule has 2 aromatic rings. The molecular formula is C20H31N5OS. The molecule has 0 radical (unpaired) electrons. The average Bonchev–Trinajstić information content (AvgIpc) is 3.37. The lowest BCUT2D eigenvalue weighted by atomic mass is 10.1. The predicted octanol–water partition coefficient (Wildman–Crippen LogP) is 3.75. The zero-order valence-electron chi connectivity index (χ0n) is 16.6. The zero-order chi connectivity index (χ0) is 19.1. The number of rotatable bonds is 7. The molecule has 0 bridgehead atoms. The van der Waals surface area contributed by atoms with Crippen molar-refractivity contribution < 1.29 is 4.42 Å². The molecule has 1 aliphatic rings. The molecule has 1 atom stereocenters. The number of hydrogen-bond acceptors (Lipinski definition) is 5. The summed E-state index contributed by atoms with van der Waals surface area (Å²) in [4.78, 5) is 11.6. The SMILES string of the molecule is CN=C(NCc1nc(C(C)C)cs1)NCC(c1ccco1)N1CCCCC1. The Hall–Kier alpha value is -1.86. The number of furan rings is 1. The van der Waals surface area contributed by atoms with Gasteiger partial charge in [0.2, 0.25) is 0 Å². The standard InChI is InChI=1S/C20H31N5OS/c1-15(2)16-14-27-19(24-16)13-23-20(21-3)22-12-17(18-8-7-11-26-18)25-9-5-4-6-10-25/h7-8,11,14-15,17H,4-6,9-10,12-13H2,1-3H3,(H2,21,22,23). The minimum atomic E-state index is 0.228. The van der Waals surface area contributed by atoms with Crippen molar-refractivity contribution in [2.24, 2.45) is 4.99 Å². The molecule has 2 aromatic heterocycles. The van der Waals surface area contributed by atoms with Crippen LogP contribution in [0.3, 0.4) is 0 Å². The van der Waals surface area contributed by atoms with Gasteiger partial charge in [-0.1, -0.05) is 20.3 Å². The molecule has 0 amide bonds. The van der Waals surface area contributed by atoms with Gasteiger partial charge in [-0.15, -0.1) is 11.3 Å². The summed E-state index contributed by atoms with van der Waals surface area (Å²) in [5.41, 5.74) is 1.16. The van der Waals surface area contributed by atoms with Gasteiger partial charge in [0.05, 0.1) is 24.5 Å². The van der Waals surface area contributed by atoms with Crippen molar-refractivity contribution in [1.82, 2.24) is 20.5 Å². The second-order valence-electron chi connectivity index (χ2n) is 7.26. The molecular weight excluding hydrogens is 358 g/mol. The van der Waals surface area contributed by atoms with Gasteiger partial charge in [-0.05, 0) is 44.0 Å². The van der Waals surface area contributed by atoms with Gasteiger partial charge in [-0.25, -0.2) is 4.98 Å². The van der Waals surface area contributed by atoms with E-state index >= 15 is 0 Å². The molecule has 0 aliphatic carbocycles. The summed E-state index contributed by atoms with van der Waals surface area (Å²) in [6, 6.07) is 4.26. The van der Waals surface area contributed by atoms with Crippen LogP contribution in [0.2, 0.25) is 0 Å². The van der Waals surface area contributed by atoms with E-state index in [9.17, 15) is 0 Å². The lowest BCUT2D eigenvalue weighted by Crippen LogP contribution is -2.44. The molecule has 6 nitrogen and oxygen atoms in total. The highest BCUT2D eigenvalue weighted by Gasteiger charge is 2.24. The van der Waals surface area contributed by atoms with Crippen LogP contribution in [0.4, 0.5) is 0 Å². The van der Waals surface area contributed by atoms with Gasteiger partial charge in [0.25, 0.3) is 0 Å². The van der Waals surface area contributed by atoms with Crippen molar-refractivity contribution in [2.45, 2.75) is 51.6 Å². The molecule has 27 heavy (non-hydrogen) atoms. The Kier molecular flexibility index (Phi) is 7.29. The Labute approximate surface area is 166 Å². The van der Waals surface area contributed by atoms with E-state index in [0.717, 1.165) is 42.1 Å². The number of piperidine rings is 1. The van der Waals surface area contributed by atoms with Crippen LogP contribution in [0, 0.1) is 0 Å². The number of nitrogens with zero attached hydrogens (tertiary/aromatic N) is 3. The highest BCUT2D eigenvalue weighted by molar-refractivity contribution is 7.09. The van der Waals surface area contributed by atoms with Gasteiger partial charge in [-0.3, -0.25) is 9.89 Å². The largest absolute Gasteiger partial charge is 0.468 e. The number of nitrogens with one attached hydrogen (secondary N) is 2. The summed E-state index contributed by atoms with van der Waals surface area (Å²) in [5.74, 6) is 2.28. The molecule has 0 aromatic carbocycles. The highest BCUT2D eigenvalue weighted by Crippen LogP contribution is 2.24. The van der Waals surface area contributed by atoms with Crippen molar-refractivity contribution in [1.29, 1.82) is 0 Å². The van der Waals surface area contributed by atoms with E-state index in [1.165, 1.54) is 19.3 Å². The minimum Gasteiger partial charge on any atom is -0.468 e. The molecule has 3 heterocycles. The highest BCUT2D eigenvalue weighted by atomic mass is 32.1.